The van der Waals surface area contributed by atoms with E-state index in [-0.39, 0.29) is 11.3 Å². The summed E-state index contributed by atoms with van der Waals surface area (Å²) in [6.07, 6.45) is 8.24. The van der Waals surface area contributed by atoms with Crippen LogP contribution in [0.3, 0.4) is 0 Å². The van der Waals surface area contributed by atoms with Crippen LogP contribution in [0.25, 0.3) is 0 Å². The standard InChI is InChI=1S/C15H22N2O/c1-12-6-7-13(11-17-12)14(18)10-15(16-2)8-4-3-5-9-15/h6-7,11,16H,3-5,8-10H2,1-2H3. The van der Waals surface area contributed by atoms with Crippen LogP contribution in [0, 0.1) is 6.92 Å². The lowest BCUT2D eigenvalue weighted by Crippen LogP contribution is -2.46. The van der Waals surface area contributed by atoms with Crippen LogP contribution in [0.4, 0.5) is 0 Å². The number of carbonyl (C=O) groups is 1. The molecule has 0 unspecified atom stereocenters. The van der Waals surface area contributed by atoms with Gasteiger partial charge >= 0.3 is 0 Å². The third-order valence-electron chi connectivity index (χ3n) is 4.07. The van der Waals surface area contributed by atoms with E-state index < -0.39 is 0 Å². The molecule has 1 aliphatic carbocycles. The predicted octanol–water partition coefficient (Wildman–Crippen LogP) is 2.89. The molecule has 3 heteroatoms. The van der Waals surface area contributed by atoms with Crippen molar-refractivity contribution < 1.29 is 4.79 Å². The van der Waals surface area contributed by atoms with Crippen molar-refractivity contribution in [3.63, 3.8) is 0 Å². The number of hydrogen-bond acceptors (Lipinski definition) is 3. The molecule has 1 aromatic heterocycles. The number of nitrogens with zero attached hydrogens (tertiary/aromatic N) is 1. The molecule has 1 aliphatic rings. The lowest BCUT2D eigenvalue weighted by atomic mass is 9.77. The smallest absolute Gasteiger partial charge is 0.166 e. The van der Waals surface area contributed by atoms with E-state index in [1.165, 1.54) is 19.3 Å². The van der Waals surface area contributed by atoms with Crippen molar-refractivity contribution in [3.8, 4) is 0 Å². The summed E-state index contributed by atoms with van der Waals surface area (Å²) >= 11 is 0. The van der Waals surface area contributed by atoms with E-state index in [1.54, 1.807) is 6.20 Å². The molecular weight excluding hydrogens is 224 g/mol. The largest absolute Gasteiger partial charge is 0.314 e. The fraction of sp³-hybridized carbons (Fsp3) is 0.600. The number of nitrogens with one attached hydrogen (secondary N) is 1. The van der Waals surface area contributed by atoms with Gasteiger partial charge < -0.3 is 5.32 Å². The maximum atomic E-state index is 12.3. The highest BCUT2D eigenvalue weighted by Gasteiger charge is 2.32. The van der Waals surface area contributed by atoms with Gasteiger partial charge in [0.05, 0.1) is 0 Å². The van der Waals surface area contributed by atoms with Crippen LogP contribution >= 0.6 is 0 Å². The van der Waals surface area contributed by atoms with Crippen molar-refractivity contribution in [3.05, 3.63) is 29.6 Å². The Morgan fingerprint density at radius 2 is 2.06 bits per heavy atom. The minimum absolute atomic E-state index is 0.0141. The van der Waals surface area contributed by atoms with Crippen LogP contribution < -0.4 is 5.32 Å². The molecule has 3 nitrogen and oxygen atoms in total. The van der Waals surface area contributed by atoms with E-state index in [0.29, 0.717) is 6.42 Å². The number of hydrogen-bond donors (Lipinski definition) is 1. The second-order valence-corrected chi connectivity index (χ2v) is 5.38. The van der Waals surface area contributed by atoms with E-state index >= 15 is 0 Å². The minimum atomic E-state index is 0.0141. The summed E-state index contributed by atoms with van der Waals surface area (Å²) in [4.78, 5) is 16.5. The van der Waals surface area contributed by atoms with Gasteiger partial charge in [0.15, 0.2) is 5.78 Å². The van der Waals surface area contributed by atoms with Gasteiger partial charge in [0.2, 0.25) is 0 Å². The first-order valence-corrected chi connectivity index (χ1v) is 6.80. The molecule has 0 aromatic carbocycles. The molecule has 0 spiro atoms. The first-order chi connectivity index (χ1) is 8.65. The molecule has 1 aromatic rings. The maximum Gasteiger partial charge on any atom is 0.166 e. The SMILES string of the molecule is CNC1(CC(=O)c2ccc(C)nc2)CCCCC1. The highest BCUT2D eigenvalue weighted by atomic mass is 16.1. The topological polar surface area (TPSA) is 42.0 Å². The highest BCUT2D eigenvalue weighted by Crippen LogP contribution is 2.31. The predicted molar refractivity (Wildman–Crippen MR) is 72.8 cm³/mol. The van der Waals surface area contributed by atoms with Gasteiger partial charge in [-0.05, 0) is 38.9 Å². The summed E-state index contributed by atoms with van der Waals surface area (Å²) in [5, 5.41) is 3.39. The Bertz CT molecular complexity index is 405. The third kappa shape index (κ3) is 2.96. The Hall–Kier alpha value is -1.22. The Kier molecular flexibility index (Phi) is 4.12. The Morgan fingerprint density at radius 3 is 2.61 bits per heavy atom. The highest BCUT2D eigenvalue weighted by molar-refractivity contribution is 5.96. The van der Waals surface area contributed by atoms with Gasteiger partial charge in [-0.25, -0.2) is 0 Å². The molecule has 0 amide bonds. The van der Waals surface area contributed by atoms with Crippen LogP contribution in [0.5, 0.6) is 0 Å². The second-order valence-electron chi connectivity index (χ2n) is 5.38. The Labute approximate surface area is 109 Å². The van der Waals surface area contributed by atoms with Crippen LogP contribution in [0.2, 0.25) is 0 Å². The summed E-state index contributed by atoms with van der Waals surface area (Å²) in [7, 11) is 1.98. The number of pyridine rings is 1. The number of ketones is 1. The first kappa shape index (κ1) is 13.2. The lowest BCUT2D eigenvalue weighted by molar-refractivity contribution is 0.0914. The normalized spacial score (nSPS) is 18.6. The number of rotatable bonds is 4. The average molecular weight is 246 g/mol. The molecule has 1 fully saturated rings. The van der Waals surface area contributed by atoms with Crippen LogP contribution in [0.1, 0.15) is 54.6 Å². The first-order valence-electron chi connectivity index (χ1n) is 6.80. The monoisotopic (exact) mass is 246 g/mol. The van der Waals surface area contributed by atoms with Gasteiger partial charge in [-0.15, -0.1) is 0 Å². The van der Waals surface area contributed by atoms with Gasteiger partial charge in [0.25, 0.3) is 0 Å². The van der Waals surface area contributed by atoms with Gasteiger partial charge in [-0.2, -0.15) is 0 Å². The molecule has 0 bridgehead atoms. The summed E-state index contributed by atoms with van der Waals surface area (Å²) in [5.74, 6) is 0.207. The molecule has 0 atom stereocenters. The zero-order valence-electron chi connectivity index (χ0n) is 11.3. The summed E-state index contributed by atoms with van der Waals surface area (Å²) in [6, 6.07) is 3.79. The Balaban J connectivity index is 2.07. The minimum Gasteiger partial charge on any atom is -0.314 e. The van der Waals surface area contributed by atoms with Crippen LogP contribution in [0.15, 0.2) is 18.3 Å². The molecule has 18 heavy (non-hydrogen) atoms. The summed E-state index contributed by atoms with van der Waals surface area (Å²) in [5.41, 5.74) is 1.70. The van der Waals surface area contributed by atoms with Crippen molar-refractivity contribution in [2.75, 3.05) is 7.05 Å². The molecule has 1 heterocycles. The molecule has 0 aliphatic heterocycles. The van der Waals surface area contributed by atoms with Gasteiger partial charge in [-0.1, -0.05) is 19.3 Å². The molecule has 2 rings (SSSR count). The van der Waals surface area contributed by atoms with Gasteiger partial charge in [0, 0.05) is 29.4 Å². The van der Waals surface area contributed by atoms with E-state index in [9.17, 15) is 4.79 Å². The molecular formula is C15H22N2O. The van der Waals surface area contributed by atoms with Crippen molar-refractivity contribution in [2.24, 2.45) is 0 Å². The lowest BCUT2D eigenvalue weighted by Gasteiger charge is -2.36. The van der Waals surface area contributed by atoms with E-state index in [4.69, 9.17) is 0 Å². The number of carbonyl (C=O) groups excluding carboxylic acids is 1. The van der Waals surface area contributed by atoms with Crippen molar-refractivity contribution >= 4 is 5.78 Å². The van der Waals surface area contributed by atoms with Crippen LogP contribution in [-0.2, 0) is 0 Å². The van der Waals surface area contributed by atoms with E-state index in [1.807, 2.05) is 26.1 Å². The molecule has 1 saturated carbocycles. The van der Waals surface area contributed by atoms with Crippen molar-refractivity contribution in [2.45, 2.75) is 51.0 Å². The Morgan fingerprint density at radius 1 is 1.33 bits per heavy atom. The maximum absolute atomic E-state index is 12.3. The number of aryl methyl sites for hydroxylation is 1. The zero-order valence-corrected chi connectivity index (χ0v) is 11.3. The fourth-order valence-corrected chi connectivity index (χ4v) is 2.79. The van der Waals surface area contributed by atoms with Crippen molar-refractivity contribution in [1.29, 1.82) is 0 Å². The van der Waals surface area contributed by atoms with E-state index in [0.717, 1.165) is 24.1 Å². The molecule has 0 saturated heterocycles. The van der Waals surface area contributed by atoms with Gasteiger partial charge in [-0.3, -0.25) is 9.78 Å². The van der Waals surface area contributed by atoms with Gasteiger partial charge in [0.1, 0.15) is 0 Å². The molecule has 98 valence electrons. The van der Waals surface area contributed by atoms with E-state index in [2.05, 4.69) is 10.3 Å². The van der Waals surface area contributed by atoms with Crippen LogP contribution in [-0.4, -0.2) is 23.4 Å². The zero-order chi connectivity index (χ0) is 13.0. The molecule has 1 N–H and O–H groups in total. The number of aromatic nitrogens is 1. The van der Waals surface area contributed by atoms with Crippen molar-refractivity contribution in [1.82, 2.24) is 10.3 Å². The second kappa shape index (κ2) is 5.61. The third-order valence-corrected chi connectivity index (χ3v) is 4.07. The summed E-state index contributed by atoms with van der Waals surface area (Å²) < 4.78 is 0. The molecule has 0 radical (unpaired) electrons. The fourth-order valence-electron chi connectivity index (χ4n) is 2.79. The average Bonchev–Trinajstić information content (AvgIpc) is 2.40. The number of Topliss-reactive ketones (excluding diaryl/α,β-unsaturated/α-hetero) is 1. The summed E-state index contributed by atoms with van der Waals surface area (Å²) in [6.45, 7) is 1.94. The quantitative estimate of drug-likeness (QED) is 0.831.